The van der Waals surface area contributed by atoms with Crippen LogP contribution in [0.4, 0.5) is 16.2 Å². The SMILES string of the molecule is Cc1cccc(N2C(=O)SC(CC(=O)Nc3ccc(C(=O)O)cc3)C2=O)c1C. The molecule has 28 heavy (non-hydrogen) atoms. The summed E-state index contributed by atoms with van der Waals surface area (Å²) < 4.78 is 0. The predicted molar refractivity (Wildman–Crippen MR) is 107 cm³/mol. The lowest BCUT2D eigenvalue weighted by molar-refractivity contribution is -0.121. The molecular formula is C20H18N2O5S. The van der Waals surface area contributed by atoms with Crippen molar-refractivity contribution in [1.29, 1.82) is 0 Å². The van der Waals surface area contributed by atoms with Crippen molar-refractivity contribution in [2.45, 2.75) is 25.5 Å². The van der Waals surface area contributed by atoms with Crippen molar-refractivity contribution in [3.8, 4) is 0 Å². The van der Waals surface area contributed by atoms with Crippen LogP contribution in [0.1, 0.15) is 27.9 Å². The first-order valence-electron chi connectivity index (χ1n) is 8.52. The van der Waals surface area contributed by atoms with Crippen molar-refractivity contribution in [2.24, 2.45) is 0 Å². The van der Waals surface area contributed by atoms with Crippen LogP contribution in [0.15, 0.2) is 42.5 Å². The molecular weight excluding hydrogens is 380 g/mol. The lowest BCUT2D eigenvalue weighted by Crippen LogP contribution is -2.33. The Bertz CT molecular complexity index is 971. The highest BCUT2D eigenvalue weighted by atomic mass is 32.2. The van der Waals surface area contributed by atoms with E-state index in [1.165, 1.54) is 24.3 Å². The molecule has 0 radical (unpaired) electrons. The molecule has 144 valence electrons. The Balaban J connectivity index is 1.69. The van der Waals surface area contributed by atoms with Gasteiger partial charge in [-0.1, -0.05) is 12.1 Å². The summed E-state index contributed by atoms with van der Waals surface area (Å²) in [6, 6.07) is 11.1. The highest BCUT2D eigenvalue weighted by Crippen LogP contribution is 2.35. The maximum absolute atomic E-state index is 12.7. The summed E-state index contributed by atoms with van der Waals surface area (Å²) in [6.07, 6.45) is -0.155. The Morgan fingerprint density at radius 1 is 1.11 bits per heavy atom. The van der Waals surface area contributed by atoms with Crippen LogP contribution in [0, 0.1) is 13.8 Å². The standard InChI is InChI=1S/C20H18N2O5S/c1-11-4-3-5-15(12(11)2)22-18(24)16(28-20(22)27)10-17(23)21-14-8-6-13(7-9-14)19(25)26/h3-9,16H,10H2,1-2H3,(H,21,23)(H,25,26). The summed E-state index contributed by atoms with van der Waals surface area (Å²) in [7, 11) is 0. The van der Waals surface area contributed by atoms with Gasteiger partial charge in [0, 0.05) is 12.1 Å². The maximum atomic E-state index is 12.7. The monoisotopic (exact) mass is 398 g/mol. The summed E-state index contributed by atoms with van der Waals surface area (Å²) in [5.74, 6) is -1.90. The molecule has 3 amide bonds. The molecule has 1 heterocycles. The third kappa shape index (κ3) is 3.91. The molecule has 0 aliphatic carbocycles. The molecule has 2 aromatic carbocycles. The van der Waals surface area contributed by atoms with Crippen LogP contribution in [0.5, 0.6) is 0 Å². The van der Waals surface area contributed by atoms with Gasteiger partial charge < -0.3 is 10.4 Å². The molecule has 3 rings (SSSR count). The van der Waals surface area contributed by atoms with Crippen molar-refractivity contribution in [1.82, 2.24) is 0 Å². The fourth-order valence-electron chi connectivity index (χ4n) is 2.86. The Morgan fingerprint density at radius 3 is 2.43 bits per heavy atom. The number of carboxylic acid groups (broad SMARTS) is 1. The number of amides is 3. The number of anilines is 2. The number of rotatable bonds is 5. The fourth-order valence-corrected chi connectivity index (χ4v) is 3.84. The van der Waals surface area contributed by atoms with E-state index in [0.717, 1.165) is 27.8 Å². The number of hydrogen-bond donors (Lipinski definition) is 2. The minimum Gasteiger partial charge on any atom is -0.478 e. The van der Waals surface area contributed by atoms with Crippen LogP contribution < -0.4 is 10.2 Å². The van der Waals surface area contributed by atoms with E-state index in [0.29, 0.717) is 11.4 Å². The third-order valence-electron chi connectivity index (χ3n) is 4.52. The van der Waals surface area contributed by atoms with Gasteiger partial charge in [0.2, 0.25) is 11.8 Å². The number of nitrogens with one attached hydrogen (secondary N) is 1. The van der Waals surface area contributed by atoms with Gasteiger partial charge in [-0.3, -0.25) is 14.4 Å². The first kappa shape index (κ1) is 19.6. The molecule has 1 aliphatic rings. The van der Waals surface area contributed by atoms with E-state index in [1.807, 2.05) is 19.9 Å². The lowest BCUT2D eigenvalue weighted by atomic mass is 10.1. The zero-order valence-electron chi connectivity index (χ0n) is 15.3. The highest BCUT2D eigenvalue weighted by Gasteiger charge is 2.42. The fraction of sp³-hybridized carbons (Fsp3) is 0.200. The van der Waals surface area contributed by atoms with Gasteiger partial charge in [-0.25, -0.2) is 9.69 Å². The van der Waals surface area contributed by atoms with E-state index in [9.17, 15) is 19.2 Å². The zero-order chi connectivity index (χ0) is 20.4. The van der Waals surface area contributed by atoms with Crippen molar-refractivity contribution in [2.75, 3.05) is 10.2 Å². The second-order valence-electron chi connectivity index (χ2n) is 6.40. The number of imide groups is 1. The van der Waals surface area contributed by atoms with Crippen LogP contribution in [0.2, 0.25) is 0 Å². The van der Waals surface area contributed by atoms with Crippen LogP contribution in [0.3, 0.4) is 0 Å². The van der Waals surface area contributed by atoms with Crippen molar-refractivity contribution in [3.63, 3.8) is 0 Å². The van der Waals surface area contributed by atoms with Gasteiger partial charge in [0.1, 0.15) is 5.25 Å². The molecule has 2 aromatic rings. The number of carboxylic acids is 1. The van der Waals surface area contributed by atoms with Crippen LogP contribution in [0.25, 0.3) is 0 Å². The van der Waals surface area contributed by atoms with Gasteiger partial charge in [-0.15, -0.1) is 0 Å². The van der Waals surface area contributed by atoms with E-state index in [4.69, 9.17) is 5.11 Å². The largest absolute Gasteiger partial charge is 0.478 e. The molecule has 0 saturated carbocycles. The molecule has 0 aromatic heterocycles. The predicted octanol–water partition coefficient (Wildman–Crippen LogP) is 3.60. The van der Waals surface area contributed by atoms with Gasteiger partial charge >= 0.3 is 5.97 Å². The van der Waals surface area contributed by atoms with Crippen molar-refractivity contribution < 1.29 is 24.3 Å². The molecule has 0 spiro atoms. The minimum absolute atomic E-state index is 0.106. The summed E-state index contributed by atoms with van der Waals surface area (Å²) in [4.78, 5) is 49.4. The number of aryl methyl sites for hydroxylation is 1. The quantitative estimate of drug-likeness (QED) is 0.798. The summed E-state index contributed by atoms with van der Waals surface area (Å²) in [5.41, 5.74) is 2.87. The summed E-state index contributed by atoms with van der Waals surface area (Å²) >= 11 is 0.835. The lowest BCUT2D eigenvalue weighted by Gasteiger charge is -2.17. The van der Waals surface area contributed by atoms with E-state index in [1.54, 1.807) is 12.1 Å². The molecule has 1 saturated heterocycles. The number of carbonyl (C=O) groups excluding carboxylic acids is 3. The second-order valence-corrected chi connectivity index (χ2v) is 7.55. The van der Waals surface area contributed by atoms with E-state index in [2.05, 4.69) is 5.32 Å². The number of nitrogens with zero attached hydrogens (tertiary/aromatic N) is 1. The van der Waals surface area contributed by atoms with Crippen LogP contribution in [-0.2, 0) is 9.59 Å². The Morgan fingerprint density at radius 2 is 1.79 bits per heavy atom. The van der Waals surface area contributed by atoms with E-state index >= 15 is 0 Å². The highest BCUT2D eigenvalue weighted by molar-refractivity contribution is 8.15. The average Bonchev–Trinajstić information content (AvgIpc) is 2.91. The van der Waals surface area contributed by atoms with Crippen molar-refractivity contribution in [3.05, 3.63) is 59.2 Å². The number of carbonyl (C=O) groups is 4. The van der Waals surface area contributed by atoms with Gasteiger partial charge in [0.15, 0.2) is 0 Å². The maximum Gasteiger partial charge on any atom is 0.335 e. The topological polar surface area (TPSA) is 104 Å². The molecule has 1 atom stereocenters. The Labute approximate surface area is 165 Å². The first-order chi connectivity index (χ1) is 13.3. The molecule has 7 nitrogen and oxygen atoms in total. The molecule has 8 heteroatoms. The number of hydrogen-bond acceptors (Lipinski definition) is 5. The number of thioether (sulfide) groups is 1. The van der Waals surface area contributed by atoms with Gasteiger partial charge in [-0.2, -0.15) is 0 Å². The second kappa shape index (κ2) is 7.85. The minimum atomic E-state index is -1.06. The smallest absolute Gasteiger partial charge is 0.335 e. The van der Waals surface area contributed by atoms with Crippen molar-refractivity contribution >= 4 is 46.2 Å². The van der Waals surface area contributed by atoms with Gasteiger partial charge in [0.05, 0.1) is 11.3 Å². The number of benzene rings is 2. The molecule has 1 aliphatic heterocycles. The normalized spacial score (nSPS) is 16.4. The summed E-state index contributed by atoms with van der Waals surface area (Å²) in [5, 5.41) is 10.3. The van der Waals surface area contributed by atoms with Crippen LogP contribution in [-0.4, -0.2) is 33.4 Å². The first-order valence-corrected chi connectivity index (χ1v) is 9.40. The third-order valence-corrected chi connectivity index (χ3v) is 5.56. The zero-order valence-corrected chi connectivity index (χ0v) is 16.1. The molecule has 2 N–H and O–H groups in total. The Kier molecular flexibility index (Phi) is 5.51. The van der Waals surface area contributed by atoms with Crippen LogP contribution >= 0.6 is 11.8 Å². The van der Waals surface area contributed by atoms with E-state index < -0.39 is 28.3 Å². The van der Waals surface area contributed by atoms with E-state index in [-0.39, 0.29) is 12.0 Å². The molecule has 0 bridgehead atoms. The molecule has 1 unspecified atom stereocenters. The van der Waals surface area contributed by atoms with Gasteiger partial charge in [0.25, 0.3) is 5.24 Å². The summed E-state index contributed by atoms with van der Waals surface area (Å²) in [6.45, 7) is 3.74. The molecule has 1 fully saturated rings. The number of aromatic carboxylic acids is 1. The average molecular weight is 398 g/mol. The van der Waals surface area contributed by atoms with Gasteiger partial charge in [-0.05, 0) is 67.1 Å². The Hall–Kier alpha value is -3.13.